The molecule has 1 aromatic carbocycles. The molecule has 2 aromatic rings. The first kappa shape index (κ1) is 35.2. The molecule has 1 spiro atoms. The lowest BCUT2D eigenvalue weighted by atomic mass is 9.48. The molecule has 1 amide bonds. The van der Waals surface area contributed by atoms with Crippen LogP contribution in [0.4, 0.5) is 33.6 Å². The van der Waals surface area contributed by atoms with Crippen molar-refractivity contribution in [1.82, 2.24) is 20.2 Å². The highest BCUT2D eigenvalue weighted by atomic mass is 19.4. The number of aromatic nitrogens is 2. The molecule has 0 radical (unpaired) electrons. The topological polar surface area (TPSA) is 108 Å². The highest BCUT2D eigenvalue weighted by molar-refractivity contribution is 5.99. The van der Waals surface area contributed by atoms with E-state index in [1.807, 2.05) is 18.2 Å². The predicted octanol–water partition coefficient (Wildman–Crippen LogP) is 7.50. The molecule has 14 heteroatoms. The lowest BCUT2D eigenvalue weighted by molar-refractivity contribution is -0.163. The molecule has 2 N–H and O–H groups in total. The number of benzene rings is 1. The second-order valence-corrected chi connectivity index (χ2v) is 17.2. The number of hydrogen-bond donors (Lipinski definition) is 2. The van der Waals surface area contributed by atoms with E-state index < -0.39 is 40.8 Å². The van der Waals surface area contributed by atoms with Crippen molar-refractivity contribution in [2.45, 2.75) is 125 Å². The van der Waals surface area contributed by atoms with Crippen LogP contribution in [0.3, 0.4) is 0 Å². The molecule has 6 saturated carbocycles. The molecule has 7 fully saturated rings. The van der Waals surface area contributed by atoms with Gasteiger partial charge in [-0.3, -0.25) is 9.69 Å². The molecule has 1 aromatic heterocycles. The maximum absolute atomic E-state index is 14.8. The van der Waals surface area contributed by atoms with Crippen molar-refractivity contribution in [3.63, 3.8) is 0 Å². The second kappa shape index (κ2) is 12.5. The van der Waals surface area contributed by atoms with E-state index in [2.05, 4.69) is 20.2 Å². The molecular weight excluding hydrogens is 697 g/mol. The molecule has 0 atom stereocenters. The number of likely N-dealkylation sites (tertiary alicyclic amines) is 1. The number of piperidine rings is 1. The Bertz CT molecular complexity index is 1750. The van der Waals surface area contributed by atoms with Crippen LogP contribution in [0.5, 0.6) is 5.75 Å². The number of rotatable bonds is 7. The van der Waals surface area contributed by atoms with E-state index in [0.717, 1.165) is 63.1 Å². The summed E-state index contributed by atoms with van der Waals surface area (Å²) in [6.07, 6.45) is 5.45. The minimum absolute atomic E-state index is 0.0693. The number of carboxylic acids is 1. The third-order valence-corrected chi connectivity index (χ3v) is 14.1. The average molecular weight is 744 g/mol. The van der Waals surface area contributed by atoms with Crippen molar-refractivity contribution >= 4 is 23.5 Å². The Labute approximate surface area is 305 Å². The van der Waals surface area contributed by atoms with Crippen LogP contribution in [0, 0.1) is 23.7 Å². The van der Waals surface area contributed by atoms with Gasteiger partial charge in [-0.05, 0) is 105 Å². The van der Waals surface area contributed by atoms with Gasteiger partial charge in [-0.2, -0.15) is 13.2 Å². The van der Waals surface area contributed by atoms with Gasteiger partial charge >= 0.3 is 12.1 Å². The SMILES string of the molecule is O=C(NC1(C(=O)O)C2CC3CC(C2)CC1C3)c1cnc(N2CC3(CCCCC3)c3cc(OC4CCN(C5CC(F)(F)C5)CC4)ccc32)nc1C(F)(F)F. The second-order valence-electron chi connectivity index (χ2n) is 17.2. The zero-order valence-corrected chi connectivity index (χ0v) is 29.6. The van der Waals surface area contributed by atoms with Gasteiger partial charge in [0.15, 0.2) is 5.69 Å². The van der Waals surface area contributed by atoms with Crippen LogP contribution in [0.15, 0.2) is 24.4 Å². The minimum atomic E-state index is -5.00. The zero-order valence-electron chi connectivity index (χ0n) is 29.6. The fourth-order valence-corrected chi connectivity index (χ4v) is 11.7. The Hall–Kier alpha value is -3.55. The molecular formula is C39H46F5N5O4. The van der Waals surface area contributed by atoms with Crippen LogP contribution in [-0.2, 0) is 16.4 Å². The Morgan fingerprint density at radius 3 is 2.21 bits per heavy atom. The number of carboxylic acid groups (broad SMARTS) is 1. The van der Waals surface area contributed by atoms with E-state index in [0.29, 0.717) is 68.6 Å². The number of nitrogens with one attached hydrogen (secondary N) is 1. The summed E-state index contributed by atoms with van der Waals surface area (Å²) < 4.78 is 77.7. The van der Waals surface area contributed by atoms with Crippen LogP contribution in [0.25, 0.3) is 0 Å². The van der Waals surface area contributed by atoms with Gasteiger partial charge in [0.25, 0.3) is 11.8 Å². The number of carbonyl (C=O) groups is 2. The number of nitrogens with zero attached hydrogens (tertiary/aromatic N) is 4. The van der Waals surface area contributed by atoms with Gasteiger partial charge in [0, 0.05) is 55.8 Å². The predicted molar refractivity (Wildman–Crippen MR) is 183 cm³/mol. The standard InChI is InChI=1S/C39H46F5N5O4/c40-37(41)18-26(19-37)48-10-6-27(7-11-48)53-28-4-5-31-30(17-28)36(8-2-1-3-9-36)21-49(31)35-45-20-29(32(46-35)39(42,43)44)33(50)47-38(34(51)52)24-13-22-12-23(15-24)16-25(38)14-22/h4-5,17,20,22-27H,1-3,6-16,18-19,21H2,(H,47,50)(H,51,52). The Balaban J connectivity index is 0.976. The molecule has 0 unspecified atom stereocenters. The molecule has 6 aliphatic carbocycles. The summed E-state index contributed by atoms with van der Waals surface area (Å²) in [6.45, 7) is 1.77. The van der Waals surface area contributed by atoms with E-state index >= 15 is 0 Å². The molecule has 2 aliphatic heterocycles. The fourth-order valence-electron chi connectivity index (χ4n) is 11.7. The number of carbonyl (C=O) groups excluding carboxylic acids is 1. The fraction of sp³-hybridized carbons (Fsp3) is 0.692. The third-order valence-electron chi connectivity index (χ3n) is 14.1. The van der Waals surface area contributed by atoms with Crippen molar-refractivity contribution in [2.75, 3.05) is 24.5 Å². The van der Waals surface area contributed by atoms with Crippen LogP contribution in [-0.4, -0.2) is 75.1 Å². The molecule has 53 heavy (non-hydrogen) atoms. The van der Waals surface area contributed by atoms with Crippen LogP contribution < -0.4 is 15.0 Å². The Morgan fingerprint density at radius 1 is 0.943 bits per heavy atom. The van der Waals surface area contributed by atoms with E-state index in [9.17, 15) is 36.6 Å². The van der Waals surface area contributed by atoms with Gasteiger partial charge in [0.05, 0.1) is 5.56 Å². The van der Waals surface area contributed by atoms with E-state index in [1.54, 1.807) is 4.90 Å². The summed E-state index contributed by atoms with van der Waals surface area (Å²) in [5.74, 6) is -4.21. The number of fused-ring (bicyclic) bond motifs is 2. The van der Waals surface area contributed by atoms with Gasteiger partial charge in [0.2, 0.25) is 5.95 Å². The summed E-state index contributed by atoms with van der Waals surface area (Å²) in [6, 6.07) is 5.59. The largest absolute Gasteiger partial charge is 0.490 e. The summed E-state index contributed by atoms with van der Waals surface area (Å²) >= 11 is 0. The molecule has 3 heterocycles. The third kappa shape index (κ3) is 5.96. The molecule has 8 aliphatic rings. The number of ether oxygens (including phenoxy) is 1. The maximum Gasteiger partial charge on any atom is 0.434 e. The van der Waals surface area contributed by atoms with Crippen LogP contribution >= 0.6 is 0 Å². The zero-order chi connectivity index (χ0) is 36.9. The monoisotopic (exact) mass is 743 g/mol. The highest BCUT2D eigenvalue weighted by Gasteiger charge is 2.62. The van der Waals surface area contributed by atoms with Crippen molar-refractivity contribution in [2.24, 2.45) is 23.7 Å². The molecule has 10 rings (SSSR count). The van der Waals surface area contributed by atoms with Crippen molar-refractivity contribution in [1.29, 1.82) is 0 Å². The molecule has 4 bridgehead atoms. The van der Waals surface area contributed by atoms with Crippen LogP contribution in [0.2, 0.25) is 0 Å². The molecule has 1 saturated heterocycles. The van der Waals surface area contributed by atoms with Gasteiger partial charge in [-0.1, -0.05) is 19.3 Å². The quantitative estimate of drug-likeness (QED) is 0.281. The van der Waals surface area contributed by atoms with Gasteiger partial charge in [-0.15, -0.1) is 0 Å². The summed E-state index contributed by atoms with van der Waals surface area (Å²) in [4.78, 5) is 38.9. The highest BCUT2D eigenvalue weighted by Crippen LogP contribution is 2.59. The summed E-state index contributed by atoms with van der Waals surface area (Å²) in [5, 5.41) is 13.1. The number of alkyl halides is 5. The number of anilines is 2. The summed E-state index contributed by atoms with van der Waals surface area (Å²) in [7, 11) is 0. The summed E-state index contributed by atoms with van der Waals surface area (Å²) in [5.41, 5.74) is -2.43. The molecule has 9 nitrogen and oxygen atoms in total. The molecule has 286 valence electrons. The van der Waals surface area contributed by atoms with E-state index in [4.69, 9.17) is 4.74 Å². The smallest absolute Gasteiger partial charge is 0.434 e. The number of aliphatic carboxylic acids is 1. The number of amides is 1. The lowest BCUT2D eigenvalue weighted by Crippen LogP contribution is -2.70. The average Bonchev–Trinajstić information content (AvgIpc) is 3.40. The first-order chi connectivity index (χ1) is 25.2. The van der Waals surface area contributed by atoms with Crippen LogP contribution in [0.1, 0.15) is 112 Å². The van der Waals surface area contributed by atoms with Gasteiger partial charge in [0.1, 0.15) is 17.4 Å². The van der Waals surface area contributed by atoms with Crippen molar-refractivity contribution in [3.8, 4) is 5.75 Å². The number of halogens is 5. The normalized spacial score (nSPS) is 32.1. The first-order valence-corrected chi connectivity index (χ1v) is 19.4. The first-order valence-electron chi connectivity index (χ1n) is 19.4. The van der Waals surface area contributed by atoms with Gasteiger partial charge in [-0.25, -0.2) is 23.5 Å². The Morgan fingerprint density at radius 2 is 1.60 bits per heavy atom. The van der Waals surface area contributed by atoms with Gasteiger partial charge < -0.3 is 20.1 Å². The van der Waals surface area contributed by atoms with E-state index in [-0.39, 0.29) is 48.2 Å². The lowest BCUT2D eigenvalue weighted by Gasteiger charge is -2.59. The number of hydrogen-bond acceptors (Lipinski definition) is 7. The van der Waals surface area contributed by atoms with Crippen molar-refractivity contribution in [3.05, 3.63) is 41.2 Å². The van der Waals surface area contributed by atoms with Crippen molar-refractivity contribution < 1.29 is 41.4 Å². The Kier molecular flexibility index (Phi) is 8.29. The minimum Gasteiger partial charge on any atom is -0.490 e. The maximum atomic E-state index is 14.8. The van der Waals surface area contributed by atoms with E-state index in [1.165, 1.54) is 0 Å².